The Morgan fingerprint density at radius 3 is 2.72 bits per heavy atom. The predicted molar refractivity (Wildman–Crippen MR) is 131 cm³/mol. The monoisotopic (exact) mass is 607 g/mol. The minimum atomic E-state index is -0.604. The minimum Gasteiger partial charge on any atom is -0.493 e. The van der Waals surface area contributed by atoms with Crippen molar-refractivity contribution in [2.45, 2.75) is 6.61 Å². The number of halogens is 3. The number of hydrogen-bond donors (Lipinski definition) is 0. The van der Waals surface area contributed by atoms with E-state index in [2.05, 4.69) is 43.5 Å². The van der Waals surface area contributed by atoms with Crippen molar-refractivity contribution in [1.82, 2.24) is 0 Å². The van der Waals surface area contributed by atoms with Gasteiger partial charge in [-0.15, -0.1) is 0 Å². The lowest BCUT2D eigenvalue weighted by Gasteiger charge is -2.14. The first-order valence-corrected chi connectivity index (χ1v) is 11.3. The number of cyclic esters (lactones) is 1. The Balaban J connectivity index is 1.60. The highest BCUT2D eigenvalue weighted by atomic mass is 127. The Kier molecular flexibility index (Phi) is 6.90. The zero-order valence-corrected chi connectivity index (χ0v) is 20.5. The molecule has 3 aromatic carbocycles. The molecule has 0 atom stereocenters. The van der Waals surface area contributed by atoms with Crippen molar-refractivity contribution in [3.63, 3.8) is 0 Å². The van der Waals surface area contributed by atoms with E-state index in [1.807, 2.05) is 30.3 Å². The second kappa shape index (κ2) is 9.83. The summed E-state index contributed by atoms with van der Waals surface area (Å²) < 4.78 is 32.0. The van der Waals surface area contributed by atoms with Gasteiger partial charge in [0.15, 0.2) is 17.2 Å². The van der Waals surface area contributed by atoms with Crippen molar-refractivity contribution in [2.24, 2.45) is 4.99 Å². The van der Waals surface area contributed by atoms with Crippen molar-refractivity contribution in [1.29, 1.82) is 0 Å². The van der Waals surface area contributed by atoms with Crippen LogP contribution in [0.15, 0.2) is 75.8 Å². The maximum Gasteiger partial charge on any atom is 0.363 e. The summed E-state index contributed by atoms with van der Waals surface area (Å²) in [4.78, 5) is 16.5. The maximum atomic E-state index is 13.5. The van der Waals surface area contributed by atoms with Gasteiger partial charge in [-0.2, -0.15) is 0 Å². The summed E-state index contributed by atoms with van der Waals surface area (Å²) in [5, 5.41) is 0. The molecule has 162 valence electrons. The van der Waals surface area contributed by atoms with Crippen LogP contribution in [0.1, 0.15) is 16.7 Å². The first-order valence-electron chi connectivity index (χ1n) is 9.47. The fourth-order valence-electron chi connectivity index (χ4n) is 3.04. The van der Waals surface area contributed by atoms with E-state index in [0.29, 0.717) is 29.2 Å². The van der Waals surface area contributed by atoms with Crippen LogP contribution in [0.4, 0.5) is 4.39 Å². The average molecular weight is 608 g/mol. The molecule has 0 saturated carbocycles. The molecule has 8 heteroatoms. The summed E-state index contributed by atoms with van der Waals surface area (Å²) in [5.74, 6) is 0.153. The van der Waals surface area contributed by atoms with Crippen LogP contribution >= 0.6 is 38.5 Å². The van der Waals surface area contributed by atoms with Gasteiger partial charge in [0, 0.05) is 15.6 Å². The van der Waals surface area contributed by atoms with E-state index in [1.165, 1.54) is 18.2 Å². The molecule has 0 spiro atoms. The van der Waals surface area contributed by atoms with E-state index in [4.69, 9.17) is 14.2 Å². The largest absolute Gasteiger partial charge is 0.493 e. The third-order valence-electron chi connectivity index (χ3n) is 4.58. The lowest BCUT2D eigenvalue weighted by atomic mass is 10.1. The summed E-state index contributed by atoms with van der Waals surface area (Å²) in [6.07, 6.45) is 1.59. The van der Waals surface area contributed by atoms with Crippen LogP contribution in [0.25, 0.3) is 6.08 Å². The number of esters is 1. The lowest BCUT2D eigenvalue weighted by molar-refractivity contribution is -0.129. The minimum absolute atomic E-state index is 0.0656. The average Bonchev–Trinajstić information content (AvgIpc) is 3.14. The van der Waals surface area contributed by atoms with Gasteiger partial charge in [-0.3, -0.25) is 0 Å². The van der Waals surface area contributed by atoms with Gasteiger partial charge in [-0.05, 0) is 70.6 Å². The van der Waals surface area contributed by atoms with Gasteiger partial charge in [0.05, 0.1) is 10.7 Å². The number of ether oxygens (including phenoxy) is 3. The molecule has 0 N–H and O–H groups in total. The molecule has 0 aromatic heterocycles. The quantitative estimate of drug-likeness (QED) is 0.192. The van der Waals surface area contributed by atoms with Crippen LogP contribution in [0, 0.1) is 9.39 Å². The van der Waals surface area contributed by atoms with Gasteiger partial charge < -0.3 is 14.2 Å². The normalized spacial score (nSPS) is 14.3. The van der Waals surface area contributed by atoms with Crippen LogP contribution in [0.5, 0.6) is 11.5 Å². The van der Waals surface area contributed by atoms with Crippen LogP contribution in [0.3, 0.4) is 0 Å². The fraction of sp³-hybridized carbons (Fsp3) is 0.0833. The van der Waals surface area contributed by atoms with Gasteiger partial charge >= 0.3 is 5.97 Å². The van der Waals surface area contributed by atoms with Crippen LogP contribution in [0.2, 0.25) is 0 Å². The SMILES string of the molecule is COc1cc(/C=C2\N=C(c3cccc(F)c3)OC2=O)cc(I)c1OCc1ccccc1Br. The van der Waals surface area contributed by atoms with Crippen LogP contribution in [-0.2, 0) is 16.1 Å². The van der Waals surface area contributed by atoms with Gasteiger partial charge in [0.1, 0.15) is 12.4 Å². The second-order valence-corrected chi connectivity index (χ2v) is 8.78. The van der Waals surface area contributed by atoms with E-state index in [-0.39, 0.29) is 11.6 Å². The van der Waals surface area contributed by atoms with E-state index in [1.54, 1.807) is 25.3 Å². The number of nitrogens with zero attached hydrogens (tertiary/aromatic N) is 1. The van der Waals surface area contributed by atoms with E-state index in [0.717, 1.165) is 13.6 Å². The van der Waals surface area contributed by atoms with E-state index < -0.39 is 11.8 Å². The molecule has 5 nitrogen and oxygen atoms in total. The summed E-state index contributed by atoms with van der Waals surface area (Å²) >= 11 is 5.67. The van der Waals surface area contributed by atoms with Crippen LogP contribution < -0.4 is 9.47 Å². The highest BCUT2D eigenvalue weighted by molar-refractivity contribution is 14.1. The highest BCUT2D eigenvalue weighted by Crippen LogP contribution is 2.36. The van der Waals surface area contributed by atoms with Crippen molar-refractivity contribution in [3.05, 3.63) is 96.9 Å². The maximum absolute atomic E-state index is 13.5. The predicted octanol–water partition coefficient (Wildman–Crippen LogP) is 6.12. The number of carbonyl (C=O) groups excluding carboxylic acids is 1. The molecule has 0 bridgehead atoms. The zero-order valence-electron chi connectivity index (χ0n) is 16.8. The summed E-state index contributed by atoms with van der Waals surface area (Å²) in [6.45, 7) is 0.363. The Hall–Kier alpha value is -2.72. The molecule has 0 fully saturated rings. The number of benzene rings is 3. The van der Waals surface area contributed by atoms with Crippen molar-refractivity contribution in [2.75, 3.05) is 7.11 Å². The smallest absolute Gasteiger partial charge is 0.363 e. The number of aliphatic imine (C=N–C) groups is 1. The molecule has 1 aliphatic heterocycles. The third kappa shape index (κ3) is 5.02. The summed E-state index contributed by atoms with van der Waals surface area (Å²) in [6, 6.07) is 17.2. The Labute approximate surface area is 206 Å². The molecule has 1 aliphatic rings. The van der Waals surface area contributed by atoms with Gasteiger partial charge in [-0.25, -0.2) is 14.2 Å². The number of methoxy groups -OCH3 is 1. The third-order valence-corrected chi connectivity index (χ3v) is 6.15. The van der Waals surface area contributed by atoms with Crippen molar-refractivity contribution < 1.29 is 23.4 Å². The fourth-order valence-corrected chi connectivity index (χ4v) is 4.22. The molecule has 3 aromatic rings. The van der Waals surface area contributed by atoms with Crippen molar-refractivity contribution in [3.8, 4) is 11.5 Å². The Morgan fingerprint density at radius 2 is 1.97 bits per heavy atom. The molecule has 0 radical (unpaired) electrons. The number of rotatable bonds is 6. The molecule has 0 aliphatic carbocycles. The molecule has 1 heterocycles. The topological polar surface area (TPSA) is 57.1 Å². The van der Waals surface area contributed by atoms with Gasteiger partial charge in [-0.1, -0.05) is 40.2 Å². The highest BCUT2D eigenvalue weighted by Gasteiger charge is 2.25. The molecular formula is C24H16BrFINO4. The molecule has 0 amide bonds. The summed E-state index contributed by atoms with van der Waals surface area (Å²) in [5.41, 5.74) is 2.20. The Bertz CT molecular complexity index is 1260. The molecule has 0 unspecified atom stereocenters. The first-order chi connectivity index (χ1) is 15.4. The zero-order chi connectivity index (χ0) is 22.7. The van der Waals surface area contributed by atoms with Crippen molar-refractivity contribution >= 4 is 56.5 Å². The van der Waals surface area contributed by atoms with E-state index >= 15 is 0 Å². The van der Waals surface area contributed by atoms with Gasteiger partial charge in [0.25, 0.3) is 0 Å². The Morgan fingerprint density at radius 1 is 1.16 bits per heavy atom. The second-order valence-electron chi connectivity index (χ2n) is 6.76. The number of carbonyl (C=O) groups is 1. The van der Waals surface area contributed by atoms with Gasteiger partial charge in [0.2, 0.25) is 5.90 Å². The number of hydrogen-bond acceptors (Lipinski definition) is 5. The lowest BCUT2D eigenvalue weighted by Crippen LogP contribution is -2.05. The standard InChI is InChI=1S/C24H16BrFINO4/c1-30-21-11-14(9-19(27)22(21)31-13-16-5-2-3-8-18(16)25)10-20-24(29)32-23(28-20)15-6-4-7-17(26)12-15/h2-12H,13H2,1H3/b20-10-. The summed E-state index contributed by atoms with van der Waals surface area (Å²) in [7, 11) is 1.55. The molecular weight excluding hydrogens is 592 g/mol. The molecule has 4 rings (SSSR count). The van der Waals surface area contributed by atoms with Crippen LogP contribution in [-0.4, -0.2) is 19.0 Å². The molecule has 32 heavy (non-hydrogen) atoms. The van der Waals surface area contributed by atoms with E-state index in [9.17, 15) is 9.18 Å². The first kappa shape index (κ1) is 22.5. The molecule has 0 saturated heterocycles.